The Labute approximate surface area is 91.5 Å². The molecule has 0 saturated heterocycles. The van der Waals surface area contributed by atoms with Gasteiger partial charge in [-0.25, -0.2) is 0 Å². The van der Waals surface area contributed by atoms with Crippen molar-refractivity contribution in [3.8, 4) is 5.75 Å². The van der Waals surface area contributed by atoms with Crippen LogP contribution in [0, 0.1) is 0 Å². The normalized spacial score (nSPS) is 12.1. The van der Waals surface area contributed by atoms with Gasteiger partial charge in [0.25, 0.3) is 0 Å². The zero-order valence-electron chi connectivity index (χ0n) is 7.89. The van der Waals surface area contributed by atoms with Crippen molar-refractivity contribution >= 4 is 7.35 Å². The molecule has 0 radical (unpaired) electrons. The number of alkyl halides is 6. The summed E-state index contributed by atoms with van der Waals surface area (Å²) in [6.07, 6.45) is -9.91. The van der Waals surface area contributed by atoms with Crippen molar-refractivity contribution in [3.05, 3.63) is 29.3 Å². The van der Waals surface area contributed by atoms with Crippen molar-refractivity contribution in [2.75, 3.05) is 0 Å². The van der Waals surface area contributed by atoms with E-state index in [1.165, 1.54) is 0 Å². The minimum absolute atomic E-state index is 0.0579. The van der Waals surface area contributed by atoms with Gasteiger partial charge < -0.3 is 0 Å². The summed E-state index contributed by atoms with van der Waals surface area (Å²) in [5.41, 5.74) is -3.08. The van der Waals surface area contributed by atoms with Gasteiger partial charge in [-0.15, -0.1) is 0 Å². The Bertz CT molecular complexity index is 393. The zero-order valence-corrected chi connectivity index (χ0v) is 7.89. The Morgan fingerprint density at radius 2 is 1.29 bits per heavy atom. The third kappa shape index (κ3) is 3.47. The molecular formula is C8H3BF6O2. The van der Waals surface area contributed by atoms with Crippen molar-refractivity contribution in [2.24, 2.45) is 0 Å². The third-order valence-corrected chi connectivity index (χ3v) is 1.75. The summed E-state index contributed by atoms with van der Waals surface area (Å²) in [6.45, 7) is 0. The first-order valence-corrected chi connectivity index (χ1v) is 4.04. The van der Waals surface area contributed by atoms with Gasteiger partial charge >= 0.3 is 90.5 Å². The maximum atomic E-state index is 12.3. The zero-order chi connectivity index (χ0) is 13.3. The second kappa shape index (κ2) is 4.38. The van der Waals surface area contributed by atoms with E-state index in [-0.39, 0.29) is 13.4 Å². The SMILES string of the molecule is O=BOc1cc(C(F)(F)F)cc(C(F)(F)F)c1. The van der Waals surface area contributed by atoms with Gasteiger partial charge in [-0.2, -0.15) is 0 Å². The Kier molecular flexibility index (Phi) is 3.49. The van der Waals surface area contributed by atoms with Gasteiger partial charge in [0.1, 0.15) is 0 Å². The molecule has 0 heterocycles. The molecule has 0 aliphatic heterocycles. The first-order chi connectivity index (χ1) is 7.64. The van der Waals surface area contributed by atoms with Crippen LogP contribution in [0.5, 0.6) is 5.75 Å². The Morgan fingerprint density at radius 3 is 1.59 bits per heavy atom. The molecule has 0 aliphatic rings. The van der Waals surface area contributed by atoms with Gasteiger partial charge in [-0.1, -0.05) is 0 Å². The number of hydrogen-bond donors (Lipinski definition) is 0. The molecule has 0 amide bonds. The van der Waals surface area contributed by atoms with Gasteiger partial charge in [0.15, 0.2) is 0 Å². The molecule has 0 N–H and O–H groups in total. The Balaban J connectivity index is 3.34. The van der Waals surface area contributed by atoms with Gasteiger partial charge in [-0.05, 0) is 0 Å². The van der Waals surface area contributed by atoms with Crippen LogP contribution in [-0.2, 0) is 17.1 Å². The molecule has 0 aromatic heterocycles. The number of hydrogen-bond acceptors (Lipinski definition) is 2. The number of rotatable bonds is 2. The number of benzene rings is 1. The van der Waals surface area contributed by atoms with Crippen LogP contribution in [0.1, 0.15) is 11.1 Å². The van der Waals surface area contributed by atoms with Gasteiger partial charge in [0.2, 0.25) is 0 Å². The van der Waals surface area contributed by atoms with E-state index in [1.54, 1.807) is 0 Å². The van der Waals surface area contributed by atoms with Gasteiger partial charge in [0.05, 0.1) is 0 Å². The molecule has 0 fully saturated rings. The summed E-state index contributed by atoms with van der Waals surface area (Å²) in [4.78, 5) is 0. The average molecular weight is 256 g/mol. The Hall–Kier alpha value is -1.54. The summed E-state index contributed by atoms with van der Waals surface area (Å²) < 4.78 is 87.5. The molecule has 0 atom stereocenters. The molecule has 92 valence electrons. The van der Waals surface area contributed by atoms with Crippen molar-refractivity contribution in [1.29, 1.82) is 0 Å². The Morgan fingerprint density at radius 1 is 0.882 bits per heavy atom. The second-order valence-corrected chi connectivity index (χ2v) is 2.96. The van der Waals surface area contributed by atoms with Gasteiger partial charge in [-0.3, -0.25) is 0 Å². The van der Waals surface area contributed by atoms with E-state index in [2.05, 4.69) is 4.65 Å². The predicted molar refractivity (Wildman–Crippen MR) is 43.5 cm³/mol. The van der Waals surface area contributed by atoms with Gasteiger partial charge in [0, 0.05) is 0 Å². The molecule has 0 saturated carbocycles. The molecule has 1 rings (SSSR count). The maximum absolute atomic E-state index is 12.3. The number of halogens is 6. The molecule has 9 heteroatoms. The first kappa shape index (κ1) is 13.5. The summed E-state index contributed by atoms with van der Waals surface area (Å²) in [6, 6.07) is 0.560. The van der Waals surface area contributed by atoms with Crippen LogP contribution < -0.4 is 4.65 Å². The fourth-order valence-electron chi connectivity index (χ4n) is 1.05. The van der Waals surface area contributed by atoms with Crippen molar-refractivity contribution in [2.45, 2.75) is 12.4 Å². The monoisotopic (exact) mass is 256 g/mol. The second-order valence-electron chi connectivity index (χ2n) is 2.96. The molecule has 0 unspecified atom stereocenters. The molecule has 0 spiro atoms. The van der Waals surface area contributed by atoms with E-state index in [9.17, 15) is 31.0 Å². The first-order valence-electron chi connectivity index (χ1n) is 4.04. The summed E-state index contributed by atoms with van der Waals surface area (Å²) >= 11 is 0. The summed E-state index contributed by atoms with van der Waals surface area (Å²) in [5, 5.41) is 0. The molecule has 2 nitrogen and oxygen atoms in total. The van der Waals surface area contributed by atoms with Crippen LogP contribution in [0.3, 0.4) is 0 Å². The van der Waals surface area contributed by atoms with Crippen LogP contribution in [0.25, 0.3) is 0 Å². The van der Waals surface area contributed by atoms with E-state index >= 15 is 0 Å². The quantitative estimate of drug-likeness (QED) is 0.600. The van der Waals surface area contributed by atoms with E-state index in [0.29, 0.717) is 12.1 Å². The standard InChI is InChI=1S/C8H3BF6O2/c10-7(11,12)4-1-5(8(13,14)15)3-6(2-4)17-9-16/h1-3H. The van der Waals surface area contributed by atoms with Crippen LogP contribution in [0.15, 0.2) is 18.2 Å². The van der Waals surface area contributed by atoms with E-state index in [4.69, 9.17) is 0 Å². The topological polar surface area (TPSA) is 26.3 Å². The summed E-state index contributed by atoms with van der Waals surface area (Å²) in [5.74, 6) is -0.817. The van der Waals surface area contributed by atoms with E-state index in [0.717, 1.165) is 0 Å². The molecule has 17 heavy (non-hydrogen) atoms. The van der Waals surface area contributed by atoms with Crippen molar-refractivity contribution < 1.29 is 35.7 Å². The van der Waals surface area contributed by atoms with Crippen molar-refractivity contribution in [3.63, 3.8) is 0 Å². The summed E-state index contributed by atoms with van der Waals surface area (Å²) in [7, 11) is -0.254. The average Bonchev–Trinajstić information content (AvgIpc) is 2.15. The fourth-order valence-corrected chi connectivity index (χ4v) is 1.05. The molecule has 0 bridgehead atoms. The van der Waals surface area contributed by atoms with Crippen LogP contribution in [-0.4, -0.2) is 7.35 Å². The van der Waals surface area contributed by atoms with E-state index < -0.39 is 29.2 Å². The third-order valence-electron chi connectivity index (χ3n) is 1.75. The molecule has 0 aliphatic carbocycles. The minimum atomic E-state index is -4.96. The predicted octanol–water partition coefficient (Wildman–Crippen LogP) is 3.07. The van der Waals surface area contributed by atoms with Crippen LogP contribution in [0.4, 0.5) is 26.3 Å². The van der Waals surface area contributed by atoms with E-state index in [1.807, 2.05) is 0 Å². The fraction of sp³-hybridized carbons (Fsp3) is 0.250. The van der Waals surface area contributed by atoms with Crippen LogP contribution in [0.2, 0.25) is 0 Å². The molecule has 1 aromatic rings. The molecule has 1 aromatic carbocycles. The molecular weight excluding hydrogens is 253 g/mol. The van der Waals surface area contributed by atoms with Crippen LogP contribution >= 0.6 is 0 Å². The van der Waals surface area contributed by atoms with Crippen molar-refractivity contribution in [1.82, 2.24) is 0 Å².